The summed E-state index contributed by atoms with van der Waals surface area (Å²) in [6.45, 7) is 0. The maximum Gasteiger partial charge on any atom is 0.160 e. The van der Waals surface area contributed by atoms with Gasteiger partial charge in [-0.3, -0.25) is 0 Å². The van der Waals surface area contributed by atoms with Crippen LogP contribution in [0.3, 0.4) is 0 Å². The van der Waals surface area contributed by atoms with Crippen LogP contribution in [-0.2, 0) is 0 Å². The van der Waals surface area contributed by atoms with Crippen molar-refractivity contribution in [3.8, 4) is 63.9 Å². The standard InChI is InChI=1S/C50H28N8/c51-29-33-15-19-35(20-16-33)45-28-46(56-50(55-45)36-21-17-34(30-52)18-22-36)37-25-38(31-53)49(39(26-37)32-54)58-47-14-8-7-13-43(47)44-27-42(23-24-48(44)58)57(40-9-3-1-4-10-40)41-11-5-2-6-12-41/h1-28H. The molecule has 0 amide bonds. The number of fused-ring (bicyclic) bond motifs is 3. The molecule has 0 bridgehead atoms. The number of benzene rings is 7. The molecule has 58 heavy (non-hydrogen) atoms. The van der Waals surface area contributed by atoms with Gasteiger partial charge in [0.1, 0.15) is 12.1 Å². The molecule has 0 atom stereocenters. The van der Waals surface area contributed by atoms with Crippen LogP contribution in [-0.4, -0.2) is 14.5 Å². The Morgan fingerprint density at radius 3 is 1.50 bits per heavy atom. The first-order chi connectivity index (χ1) is 28.6. The van der Waals surface area contributed by atoms with E-state index in [1.807, 2.05) is 77.4 Å². The van der Waals surface area contributed by atoms with Gasteiger partial charge in [-0.05, 0) is 103 Å². The molecule has 0 N–H and O–H groups in total. The van der Waals surface area contributed by atoms with Crippen molar-refractivity contribution in [3.63, 3.8) is 0 Å². The van der Waals surface area contributed by atoms with E-state index in [0.717, 1.165) is 44.4 Å². The summed E-state index contributed by atoms with van der Waals surface area (Å²) in [7, 11) is 0. The second-order valence-electron chi connectivity index (χ2n) is 13.5. The van der Waals surface area contributed by atoms with E-state index < -0.39 is 0 Å². The smallest absolute Gasteiger partial charge is 0.160 e. The maximum atomic E-state index is 10.8. The van der Waals surface area contributed by atoms with Crippen molar-refractivity contribution in [3.05, 3.63) is 192 Å². The quantitative estimate of drug-likeness (QED) is 0.159. The minimum atomic E-state index is 0.300. The number of aromatic nitrogens is 3. The Balaban J connectivity index is 1.23. The van der Waals surface area contributed by atoms with Crippen LogP contribution in [0.15, 0.2) is 170 Å². The Morgan fingerprint density at radius 1 is 0.414 bits per heavy atom. The van der Waals surface area contributed by atoms with E-state index in [2.05, 4.69) is 77.7 Å². The summed E-state index contributed by atoms with van der Waals surface area (Å²) in [5.74, 6) is 0.403. The lowest BCUT2D eigenvalue weighted by atomic mass is 9.99. The fourth-order valence-corrected chi connectivity index (χ4v) is 7.42. The van der Waals surface area contributed by atoms with E-state index in [1.54, 1.807) is 48.5 Å². The molecular weight excluding hydrogens is 713 g/mol. The second kappa shape index (κ2) is 14.8. The fourth-order valence-electron chi connectivity index (χ4n) is 7.42. The molecule has 0 fully saturated rings. The predicted octanol–water partition coefficient (Wildman–Crippen LogP) is 11.5. The van der Waals surface area contributed by atoms with Crippen molar-refractivity contribution in [2.24, 2.45) is 0 Å². The van der Waals surface area contributed by atoms with Gasteiger partial charge in [0.05, 0.1) is 62.5 Å². The van der Waals surface area contributed by atoms with Gasteiger partial charge < -0.3 is 9.47 Å². The second-order valence-corrected chi connectivity index (χ2v) is 13.5. The molecule has 0 saturated heterocycles. The van der Waals surface area contributed by atoms with E-state index in [4.69, 9.17) is 9.97 Å². The molecule has 2 aromatic heterocycles. The molecule has 7 aromatic carbocycles. The zero-order chi connectivity index (χ0) is 39.6. The van der Waals surface area contributed by atoms with Crippen molar-refractivity contribution in [1.29, 1.82) is 21.0 Å². The third-order valence-electron chi connectivity index (χ3n) is 10.1. The van der Waals surface area contributed by atoms with Gasteiger partial charge in [0.2, 0.25) is 0 Å². The molecule has 0 aliphatic carbocycles. The number of para-hydroxylation sites is 3. The third kappa shape index (κ3) is 6.22. The first-order valence-corrected chi connectivity index (χ1v) is 18.4. The van der Waals surface area contributed by atoms with E-state index in [-0.39, 0.29) is 0 Å². The average Bonchev–Trinajstić information content (AvgIpc) is 3.62. The highest BCUT2D eigenvalue weighted by atomic mass is 15.1. The van der Waals surface area contributed by atoms with Crippen molar-refractivity contribution >= 4 is 38.9 Å². The highest BCUT2D eigenvalue weighted by Crippen LogP contribution is 2.41. The van der Waals surface area contributed by atoms with E-state index in [9.17, 15) is 21.0 Å². The Morgan fingerprint density at radius 2 is 0.931 bits per heavy atom. The predicted molar refractivity (Wildman–Crippen MR) is 226 cm³/mol. The summed E-state index contributed by atoms with van der Waals surface area (Å²) in [5.41, 5.74) is 9.90. The number of hydrogen-bond acceptors (Lipinski definition) is 7. The Labute approximate surface area is 334 Å². The van der Waals surface area contributed by atoms with Crippen LogP contribution < -0.4 is 4.90 Å². The average molecular weight is 741 g/mol. The molecule has 9 rings (SSSR count). The molecule has 8 heteroatoms. The van der Waals surface area contributed by atoms with Crippen LogP contribution in [0.2, 0.25) is 0 Å². The highest BCUT2D eigenvalue weighted by Gasteiger charge is 2.22. The topological polar surface area (TPSA) is 129 Å². The molecule has 0 aliphatic heterocycles. The van der Waals surface area contributed by atoms with Crippen molar-refractivity contribution in [2.45, 2.75) is 0 Å². The molecule has 9 aromatic rings. The number of hydrogen-bond donors (Lipinski definition) is 0. The van der Waals surface area contributed by atoms with E-state index in [1.165, 1.54) is 0 Å². The van der Waals surface area contributed by atoms with Crippen LogP contribution in [0.5, 0.6) is 0 Å². The minimum Gasteiger partial charge on any atom is -0.310 e. The molecule has 8 nitrogen and oxygen atoms in total. The SMILES string of the molecule is N#Cc1ccc(-c2cc(-c3cc(C#N)c(-n4c5ccccc5c5cc(N(c6ccccc6)c6ccccc6)ccc54)c(C#N)c3)nc(-c3ccc(C#N)cc3)n2)cc1. The first kappa shape index (κ1) is 34.9. The van der Waals surface area contributed by atoms with Gasteiger partial charge in [0.15, 0.2) is 5.82 Å². The molecule has 0 unspecified atom stereocenters. The lowest BCUT2D eigenvalue weighted by Gasteiger charge is -2.25. The zero-order valence-corrected chi connectivity index (χ0v) is 30.7. The molecule has 0 radical (unpaired) electrons. The minimum absolute atomic E-state index is 0.300. The number of rotatable bonds is 7. The fraction of sp³-hybridized carbons (Fsp3) is 0. The van der Waals surface area contributed by atoms with Gasteiger partial charge in [-0.25, -0.2) is 9.97 Å². The van der Waals surface area contributed by atoms with E-state index in [0.29, 0.717) is 56.3 Å². The molecule has 0 spiro atoms. The van der Waals surface area contributed by atoms with Gasteiger partial charge >= 0.3 is 0 Å². The number of anilines is 3. The highest BCUT2D eigenvalue weighted by molar-refractivity contribution is 6.11. The number of nitrogens with zero attached hydrogens (tertiary/aromatic N) is 8. The lowest BCUT2D eigenvalue weighted by molar-refractivity contribution is 1.15. The largest absolute Gasteiger partial charge is 0.310 e. The van der Waals surface area contributed by atoms with Crippen LogP contribution in [0.4, 0.5) is 17.1 Å². The maximum absolute atomic E-state index is 10.8. The monoisotopic (exact) mass is 740 g/mol. The lowest BCUT2D eigenvalue weighted by Crippen LogP contribution is -2.09. The molecule has 268 valence electrons. The van der Waals surface area contributed by atoms with Crippen LogP contribution >= 0.6 is 0 Å². The van der Waals surface area contributed by atoms with Gasteiger partial charge in [-0.2, -0.15) is 21.0 Å². The summed E-state index contributed by atoms with van der Waals surface area (Å²) in [6.07, 6.45) is 0. The normalized spacial score (nSPS) is 10.7. The summed E-state index contributed by atoms with van der Waals surface area (Å²) in [5, 5.41) is 42.4. The van der Waals surface area contributed by atoms with Gasteiger partial charge in [-0.15, -0.1) is 0 Å². The summed E-state index contributed by atoms with van der Waals surface area (Å²) < 4.78 is 2.01. The number of nitriles is 4. The van der Waals surface area contributed by atoms with Crippen LogP contribution in [0, 0.1) is 45.3 Å². The van der Waals surface area contributed by atoms with Gasteiger partial charge in [0.25, 0.3) is 0 Å². The molecular formula is C50H28N8. The van der Waals surface area contributed by atoms with Crippen molar-refractivity contribution < 1.29 is 0 Å². The molecule has 2 heterocycles. The first-order valence-electron chi connectivity index (χ1n) is 18.4. The zero-order valence-electron chi connectivity index (χ0n) is 30.7. The Hall–Kier alpha value is -8.82. The summed E-state index contributed by atoms with van der Waals surface area (Å²) >= 11 is 0. The van der Waals surface area contributed by atoms with Crippen molar-refractivity contribution in [1.82, 2.24) is 14.5 Å². The van der Waals surface area contributed by atoms with Gasteiger partial charge in [-0.1, -0.05) is 66.7 Å². The molecule has 0 saturated carbocycles. The molecule has 0 aliphatic rings. The third-order valence-corrected chi connectivity index (χ3v) is 10.1. The van der Waals surface area contributed by atoms with Crippen LogP contribution in [0.25, 0.3) is 61.4 Å². The summed E-state index contributed by atoms with van der Waals surface area (Å²) in [6, 6.07) is 63.3. The van der Waals surface area contributed by atoms with Gasteiger partial charge in [0, 0.05) is 44.5 Å². The summed E-state index contributed by atoms with van der Waals surface area (Å²) in [4.78, 5) is 12.0. The Bertz CT molecular complexity index is 3040. The Kier molecular flexibility index (Phi) is 8.90. The van der Waals surface area contributed by atoms with Crippen LogP contribution in [0.1, 0.15) is 22.3 Å². The van der Waals surface area contributed by atoms with Crippen molar-refractivity contribution in [2.75, 3.05) is 4.90 Å². The van der Waals surface area contributed by atoms with E-state index >= 15 is 0 Å².